The van der Waals surface area contributed by atoms with Crippen molar-refractivity contribution in [2.24, 2.45) is 11.5 Å². The number of thiophene rings is 1. The Labute approximate surface area is 110 Å². The highest BCUT2D eigenvalue weighted by Gasteiger charge is 2.07. The van der Waals surface area contributed by atoms with Gasteiger partial charge in [-0.05, 0) is 36.6 Å². The molecule has 0 aliphatic carbocycles. The van der Waals surface area contributed by atoms with E-state index in [2.05, 4.69) is 12.1 Å². The molecule has 1 aromatic carbocycles. The standard InChI is InChI=1S/C14H16N2OS/c1-9(15)7-10-3-2-4-11(8-10)12-5-6-13(18-12)14(16)17/h2-6,8-9H,7,15H2,1H3,(H2,16,17). The van der Waals surface area contributed by atoms with E-state index in [4.69, 9.17) is 11.5 Å². The molecule has 0 saturated carbocycles. The molecule has 1 atom stereocenters. The second-order valence-electron chi connectivity index (χ2n) is 4.41. The Balaban J connectivity index is 2.29. The minimum absolute atomic E-state index is 0.143. The zero-order chi connectivity index (χ0) is 13.1. The van der Waals surface area contributed by atoms with Crippen molar-refractivity contribution in [1.29, 1.82) is 0 Å². The summed E-state index contributed by atoms with van der Waals surface area (Å²) < 4.78 is 0. The summed E-state index contributed by atoms with van der Waals surface area (Å²) in [5.41, 5.74) is 13.4. The first-order chi connectivity index (χ1) is 8.56. The predicted molar refractivity (Wildman–Crippen MR) is 75.6 cm³/mol. The van der Waals surface area contributed by atoms with Gasteiger partial charge in [-0.15, -0.1) is 11.3 Å². The summed E-state index contributed by atoms with van der Waals surface area (Å²) in [5, 5.41) is 0. The number of benzene rings is 1. The lowest BCUT2D eigenvalue weighted by Gasteiger charge is -2.06. The van der Waals surface area contributed by atoms with E-state index in [0.717, 1.165) is 16.9 Å². The van der Waals surface area contributed by atoms with E-state index in [9.17, 15) is 4.79 Å². The Morgan fingerprint density at radius 3 is 2.72 bits per heavy atom. The van der Waals surface area contributed by atoms with Gasteiger partial charge in [0.2, 0.25) is 0 Å². The van der Waals surface area contributed by atoms with Gasteiger partial charge in [-0.2, -0.15) is 0 Å². The first-order valence-electron chi connectivity index (χ1n) is 5.81. The Morgan fingerprint density at radius 1 is 1.33 bits per heavy atom. The van der Waals surface area contributed by atoms with Gasteiger partial charge in [0.1, 0.15) is 0 Å². The lowest BCUT2D eigenvalue weighted by molar-refractivity contribution is 0.100. The zero-order valence-corrected chi connectivity index (χ0v) is 11.0. The highest BCUT2D eigenvalue weighted by Crippen LogP contribution is 2.28. The SMILES string of the molecule is CC(N)Cc1cccc(-c2ccc(C(N)=O)s2)c1. The van der Waals surface area contributed by atoms with Crippen molar-refractivity contribution in [3.05, 3.63) is 46.8 Å². The summed E-state index contributed by atoms with van der Waals surface area (Å²) in [6.07, 6.45) is 0.849. The van der Waals surface area contributed by atoms with Gasteiger partial charge in [0.25, 0.3) is 5.91 Å². The summed E-state index contributed by atoms with van der Waals surface area (Å²) in [4.78, 5) is 12.7. The van der Waals surface area contributed by atoms with E-state index >= 15 is 0 Å². The molecule has 1 unspecified atom stereocenters. The van der Waals surface area contributed by atoms with Gasteiger partial charge in [0.05, 0.1) is 4.88 Å². The number of primary amides is 1. The minimum atomic E-state index is -0.377. The van der Waals surface area contributed by atoms with Crippen LogP contribution in [0.3, 0.4) is 0 Å². The van der Waals surface area contributed by atoms with Gasteiger partial charge in [0.15, 0.2) is 0 Å². The van der Waals surface area contributed by atoms with Gasteiger partial charge in [-0.25, -0.2) is 0 Å². The van der Waals surface area contributed by atoms with Crippen LogP contribution in [0.1, 0.15) is 22.2 Å². The average molecular weight is 260 g/mol. The first-order valence-corrected chi connectivity index (χ1v) is 6.62. The van der Waals surface area contributed by atoms with Gasteiger partial charge in [0, 0.05) is 10.9 Å². The molecule has 0 fully saturated rings. The number of hydrogen-bond acceptors (Lipinski definition) is 3. The smallest absolute Gasteiger partial charge is 0.258 e. The molecule has 0 saturated heterocycles. The van der Waals surface area contributed by atoms with Crippen molar-refractivity contribution in [2.75, 3.05) is 0 Å². The van der Waals surface area contributed by atoms with E-state index in [-0.39, 0.29) is 11.9 Å². The third-order valence-corrected chi connectivity index (χ3v) is 3.77. The maximum absolute atomic E-state index is 11.1. The molecule has 4 N–H and O–H groups in total. The van der Waals surface area contributed by atoms with Gasteiger partial charge in [-0.3, -0.25) is 4.79 Å². The lowest BCUT2D eigenvalue weighted by Crippen LogP contribution is -2.17. The maximum atomic E-state index is 11.1. The molecule has 18 heavy (non-hydrogen) atoms. The Hall–Kier alpha value is -1.65. The molecule has 2 aromatic rings. The van der Waals surface area contributed by atoms with Crippen molar-refractivity contribution in [3.8, 4) is 10.4 Å². The fraction of sp³-hybridized carbons (Fsp3) is 0.214. The summed E-state index contributed by atoms with van der Waals surface area (Å²) in [6, 6.07) is 12.0. The topological polar surface area (TPSA) is 69.1 Å². The number of carbonyl (C=O) groups is 1. The molecule has 1 heterocycles. The molecule has 0 aliphatic heterocycles. The quantitative estimate of drug-likeness (QED) is 0.886. The van der Waals surface area contributed by atoms with E-state index in [1.54, 1.807) is 6.07 Å². The van der Waals surface area contributed by atoms with Crippen LogP contribution in [0.25, 0.3) is 10.4 Å². The lowest BCUT2D eigenvalue weighted by atomic mass is 10.0. The van der Waals surface area contributed by atoms with Crippen molar-refractivity contribution < 1.29 is 4.79 Å². The molecule has 0 spiro atoms. The molecule has 0 radical (unpaired) electrons. The fourth-order valence-electron chi connectivity index (χ4n) is 1.85. The molecule has 4 heteroatoms. The first kappa shape index (κ1) is 12.8. The highest BCUT2D eigenvalue weighted by molar-refractivity contribution is 7.17. The molecule has 1 aromatic heterocycles. The number of amides is 1. The van der Waals surface area contributed by atoms with Crippen molar-refractivity contribution >= 4 is 17.2 Å². The Kier molecular flexibility index (Phi) is 3.79. The minimum Gasteiger partial charge on any atom is -0.365 e. The van der Waals surface area contributed by atoms with Crippen LogP contribution in [-0.4, -0.2) is 11.9 Å². The molecule has 2 rings (SSSR count). The van der Waals surface area contributed by atoms with E-state index < -0.39 is 0 Å². The van der Waals surface area contributed by atoms with Crippen LogP contribution in [0.5, 0.6) is 0 Å². The van der Waals surface area contributed by atoms with E-state index in [0.29, 0.717) is 4.88 Å². The van der Waals surface area contributed by atoms with Crippen molar-refractivity contribution in [3.63, 3.8) is 0 Å². The fourth-order valence-corrected chi connectivity index (χ4v) is 2.70. The normalized spacial score (nSPS) is 12.3. The average Bonchev–Trinajstić information content (AvgIpc) is 2.77. The van der Waals surface area contributed by atoms with Crippen LogP contribution in [0.15, 0.2) is 36.4 Å². The largest absolute Gasteiger partial charge is 0.365 e. The van der Waals surface area contributed by atoms with Crippen molar-refractivity contribution in [2.45, 2.75) is 19.4 Å². The summed E-state index contributed by atoms with van der Waals surface area (Å²) in [5.74, 6) is -0.377. The molecule has 94 valence electrons. The summed E-state index contributed by atoms with van der Waals surface area (Å²) >= 11 is 1.42. The number of nitrogens with two attached hydrogens (primary N) is 2. The van der Waals surface area contributed by atoms with Gasteiger partial charge >= 0.3 is 0 Å². The third kappa shape index (κ3) is 2.97. The van der Waals surface area contributed by atoms with E-state index in [1.165, 1.54) is 16.9 Å². The molecule has 0 bridgehead atoms. The van der Waals surface area contributed by atoms with Gasteiger partial charge < -0.3 is 11.5 Å². The molecular formula is C14H16N2OS. The van der Waals surface area contributed by atoms with Crippen molar-refractivity contribution in [1.82, 2.24) is 0 Å². The molecule has 0 aliphatic rings. The Morgan fingerprint density at radius 2 is 2.11 bits per heavy atom. The van der Waals surface area contributed by atoms with Crippen LogP contribution >= 0.6 is 11.3 Å². The molecule has 3 nitrogen and oxygen atoms in total. The number of carbonyl (C=O) groups excluding carboxylic acids is 1. The summed E-state index contributed by atoms with van der Waals surface area (Å²) in [7, 11) is 0. The second kappa shape index (κ2) is 5.33. The van der Waals surface area contributed by atoms with Crippen LogP contribution in [-0.2, 0) is 6.42 Å². The van der Waals surface area contributed by atoms with E-state index in [1.807, 2.05) is 25.1 Å². The monoisotopic (exact) mass is 260 g/mol. The molecular weight excluding hydrogens is 244 g/mol. The zero-order valence-electron chi connectivity index (χ0n) is 10.2. The van der Waals surface area contributed by atoms with Gasteiger partial charge in [-0.1, -0.05) is 24.3 Å². The second-order valence-corrected chi connectivity index (χ2v) is 5.49. The number of hydrogen-bond donors (Lipinski definition) is 2. The Bertz CT molecular complexity index is 560. The maximum Gasteiger partial charge on any atom is 0.258 e. The molecule has 1 amide bonds. The summed E-state index contributed by atoms with van der Waals surface area (Å²) in [6.45, 7) is 1.99. The number of rotatable bonds is 4. The third-order valence-electron chi connectivity index (χ3n) is 2.62. The van der Waals surface area contributed by atoms with Crippen LogP contribution in [0.4, 0.5) is 0 Å². The van der Waals surface area contributed by atoms with Crippen LogP contribution in [0, 0.1) is 0 Å². The van der Waals surface area contributed by atoms with Crippen LogP contribution < -0.4 is 11.5 Å². The predicted octanol–water partition coefficient (Wildman–Crippen LogP) is 2.40. The highest BCUT2D eigenvalue weighted by atomic mass is 32.1. The van der Waals surface area contributed by atoms with Crippen LogP contribution in [0.2, 0.25) is 0 Å².